The van der Waals surface area contributed by atoms with Gasteiger partial charge in [-0.05, 0) is 37.0 Å². The van der Waals surface area contributed by atoms with Crippen LogP contribution < -0.4 is 11.1 Å². The van der Waals surface area contributed by atoms with Crippen molar-refractivity contribution in [1.82, 2.24) is 24.5 Å². The van der Waals surface area contributed by atoms with Gasteiger partial charge in [-0.2, -0.15) is 5.10 Å². The molecule has 1 aliphatic rings. The lowest BCUT2D eigenvalue weighted by atomic mass is 9.87. The number of aryl methyl sites for hydroxylation is 1. The van der Waals surface area contributed by atoms with Crippen LogP contribution in [-0.4, -0.2) is 50.5 Å². The SMILES string of the molecule is CN(CCN)C(=O)[C@H]1CCc2c(sc3ncnc(Nc4cc5ccnn5cc4Cl)c23)C1. The second-order valence-corrected chi connectivity index (χ2v) is 9.25. The fourth-order valence-electron chi connectivity index (χ4n) is 4.20. The van der Waals surface area contributed by atoms with Crippen molar-refractivity contribution in [3.05, 3.63) is 46.3 Å². The molecule has 5 rings (SSSR count). The number of thiophene rings is 1. The fraction of sp³-hybridized carbons (Fsp3) is 0.333. The lowest BCUT2D eigenvalue weighted by molar-refractivity contribution is -0.134. The number of hydrogen-bond donors (Lipinski definition) is 2. The van der Waals surface area contributed by atoms with Crippen LogP contribution in [0.5, 0.6) is 0 Å². The molecule has 0 radical (unpaired) electrons. The van der Waals surface area contributed by atoms with Crippen LogP contribution in [0.3, 0.4) is 0 Å². The molecule has 1 atom stereocenters. The van der Waals surface area contributed by atoms with Gasteiger partial charge in [0.2, 0.25) is 5.91 Å². The molecule has 160 valence electrons. The highest BCUT2D eigenvalue weighted by Crippen LogP contribution is 2.41. The molecule has 31 heavy (non-hydrogen) atoms. The third kappa shape index (κ3) is 3.62. The summed E-state index contributed by atoms with van der Waals surface area (Å²) in [5, 5.41) is 9.19. The van der Waals surface area contributed by atoms with Gasteiger partial charge in [0.25, 0.3) is 0 Å². The summed E-state index contributed by atoms with van der Waals surface area (Å²) in [6, 6.07) is 3.87. The van der Waals surface area contributed by atoms with E-state index in [1.807, 2.05) is 19.2 Å². The molecule has 1 amide bonds. The van der Waals surface area contributed by atoms with Crippen molar-refractivity contribution in [3.63, 3.8) is 0 Å². The average Bonchev–Trinajstić information content (AvgIpc) is 3.37. The molecule has 3 N–H and O–H groups in total. The number of carbonyl (C=O) groups is 1. The summed E-state index contributed by atoms with van der Waals surface area (Å²) >= 11 is 8.12. The van der Waals surface area contributed by atoms with Crippen LogP contribution in [0.2, 0.25) is 5.02 Å². The number of nitrogens with two attached hydrogens (primary N) is 1. The van der Waals surface area contributed by atoms with Crippen LogP contribution in [0.15, 0.2) is 30.9 Å². The van der Waals surface area contributed by atoms with E-state index in [1.54, 1.807) is 39.5 Å². The van der Waals surface area contributed by atoms with E-state index in [2.05, 4.69) is 20.4 Å². The molecular formula is C21H22ClN7OS. The van der Waals surface area contributed by atoms with Gasteiger partial charge >= 0.3 is 0 Å². The van der Waals surface area contributed by atoms with E-state index < -0.39 is 0 Å². The predicted octanol–water partition coefficient (Wildman–Crippen LogP) is 3.26. The molecule has 0 unspecified atom stereocenters. The molecule has 0 fully saturated rings. The highest BCUT2D eigenvalue weighted by Gasteiger charge is 2.30. The van der Waals surface area contributed by atoms with Gasteiger partial charge in [0.05, 0.1) is 21.6 Å². The molecule has 0 aromatic carbocycles. The molecular weight excluding hydrogens is 434 g/mol. The first-order valence-electron chi connectivity index (χ1n) is 10.2. The third-order valence-corrected chi connectivity index (χ3v) is 7.24. The quantitative estimate of drug-likeness (QED) is 0.479. The lowest BCUT2D eigenvalue weighted by Gasteiger charge is -2.26. The molecule has 0 saturated heterocycles. The first kappa shape index (κ1) is 20.2. The number of aromatic nitrogens is 4. The molecule has 8 nitrogen and oxygen atoms in total. The Morgan fingerprint density at radius 1 is 1.45 bits per heavy atom. The van der Waals surface area contributed by atoms with E-state index in [-0.39, 0.29) is 11.8 Å². The van der Waals surface area contributed by atoms with Crippen molar-refractivity contribution in [2.75, 3.05) is 25.5 Å². The van der Waals surface area contributed by atoms with Gasteiger partial charge in [0.1, 0.15) is 17.0 Å². The summed E-state index contributed by atoms with van der Waals surface area (Å²) in [6.45, 7) is 1.05. The Hall–Kier alpha value is -2.75. The molecule has 0 bridgehead atoms. The number of carbonyl (C=O) groups excluding carboxylic acids is 1. The topological polar surface area (TPSA) is 101 Å². The zero-order valence-corrected chi connectivity index (χ0v) is 18.6. The van der Waals surface area contributed by atoms with E-state index in [9.17, 15) is 4.79 Å². The summed E-state index contributed by atoms with van der Waals surface area (Å²) in [5.74, 6) is 0.886. The van der Waals surface area contributed by atoms with Gasteiger partial charge in [0.15, 0.2) is 0 Å². The minimum Gasteiger partial charge on any atom is -0.344 e. The minimum atomic E-state index is -0.0137. The molecule has 1 aliphatic carbocycles. The number of nitrogens with zero attached hydrogens (tertiary/aromatic N) is 5. The Bertz CT molecular complexity index is 1280. The van der Waals surface area contributed by atoms with Crippen molar-refractivity contribution in [2.24, 2.45) is 11.7 Å². The maximum atomic E-state index is 12.8. The molecule has 10 heteroatoms. The van der Waals surface area contributed by atoms with Crippen LogP contribution in [0.25, 0.3) is 15.7 Å². The van der Waals surface area contributed by atoms with Crippen LogP contribution in [0, 0.1) is 5.92 Å². The van der Waals surface area contributed by atoms with E-state index in [4.69, 9.17) is 17.3 Å². The minimum absolute atomic E-state index is 0.0137. The first-order chi connectivity index (χ1) is 15.0. The monoisotopic (exact) mass is 455 g/mol. The summed E-state index contributed by atoms with van der Waals surface area (Å²) in [4.78, 5) is 25.6. The number of pyridine rings is 1. The highest BCUT2D eigenvalue weighted by molar-refractivity contribution is 7.19. The Labute approximate surface area is 188 Å². The van der Waals surface area contributed by atoms with Crippen LogP contribution in [-0.2, 0) is 17.6 Å². The van der Waals surface area contributed by atoms with Crippen LogP contribution >= 0.6 is 22.9 Å². The second-order valence-electron chi connectivity index (χ2n) is 7.76. The molecule has 4 aromatic heterocycles. The number of likely N-dealkylation sites (N-methyl/N-ethyl adjacent to an activating group) is 1. The number of amides is 1. The summed E-state index contributed by atoms with van der Waals surface area (Å²) in [7, 11) is 1.82. The number of nitrogens with one attached hydrogen (secondary N) is 1. The van der Waals surface area contributed by atoms with Crippen molar-refractivity contribution in [3.8, 4) is 0 Å². The summed E-state index contributed by atoms with van der Waals surface area (Å²) < 4.78 is 1.73. The van der Waals surface area contributed by atoms with Crippen molar-refractivity contribution < 1.29 is 4.79 Å². The summed E-state index contributed by atoms with van der Waals surface area (Å²) in [6.07, 6.45) is 7.43. The maximum Gasteiger partial charge on any atom is 0.225 e. The number of fused-ring (bicyclic) bond motifs is 4. The standard InChI is InChI=1S/C21H22ClN7OS/c1-28(7-5-23)21(30)12-2-3-14-17(8-12)31-20-18(14)19(24-11-25-20)27-16-9-13-4-6-26-29(13)10-15(16)22/h4,6,9-12H,2-3,5,7-8,23H2,1H3,(H,24,25,27)/t12-/m0/s1. The number of halogens is 1. The molecule has 0 saturated carbocycles. The Balaban J connectivity index is 1.48. The number of hydrogen-bond acceptors (Lipinski definition) is 7. The van der Waals surface area contributed by atoms with Gasteiger partial charge in [-0.15, -0.1) is 11.3 Å². The van der Waals surface area contributed by atoms with Gasteiger partial charge in [-0.1, -0.05) is 11.6 Å². The number of anilines is 2. The summed E-state index contributed by atoms with van der Waals surface area (Å²) in [5.41, 5.74) is 8.55. The number of rotatable bonds is 5. The zero-order chi connectivity index (χ0) is 21.5. The Morgan fingerprint density at radius 3 is 3.16 bits per heavy atom. The van der Waals surface area contributed by atoms with Crippen LogP contribution in [0.1, 0.15) is 16.9 Å². The highest BCUT2D eigenvalue weighted by atomic mass is 35.5. The average molecular weight is 456 g/mol. The van der Waals surface area contributed by atoms with E-state index >= 15 is 0 Å². The predicted molar refractivity (Wildman–Crippen MR) is 123 cm³/mol. The van der Waals surface area contributed by atoms with Gasteiger partial charge in [-0.3, -0.25) is 4.79 Å². The molecule has 4 heterocycles. The van der Waals surface area contributed by atoms with Crippen molar-refractivity contribution >= 4 is 56.1 Å². The molecule has 4 aromatic rings. The maximum absolute atomic E-state index is 12.8. The lowest BCUT2D eigenvalue weighted by Crippen LogP contribution is -2.38. The van der Waals surface area contributed by atoms with Crippen molar-refractivity contribution in [2.45, 2.75) is 19.3 Å². The third-order valence-electron chi connectivity index (χ3n) is 5.77. The van der Waals surface area contributed by atoms with E-state index in [0.29, 0.717) is 18.1 Å². The van der Waals surface area contributed by atoms with Gasteiger partial charge in [-0.25, -0.2) is 14.5 Å². The smallest absolute Gasteiger partial charge is 0.225 e. The van der Waals surface area contributed by atoms with Crippen LogP contribution in [0.4, 0.5) is 11.5 Å². The van der Waals surface area contributed by atoms with Gasteiger partial charge < -0.3 is 16.0 Å². The van der Waals surface area contributed by atoms with Crippen molar-refractivity contribution in [1.29, 1.82) is 0 Å². The second kappa shape index (κ2) is 8.07. The molecule has 0 spiro atoms. The normalized spacial score (nSPS) is 15.9. The van der Waals surface area contributed by atoms with Gasteiger partial charge in [0, 0.05) is 43.3 Å². The fourth-order valence-corrected chi connectivity index (χ4v) is 5.66. The van der Waals surface area contributed by atoms with E-state index in [1.165, 1.54) is 10.4 Å². The Kier molecular flexibility index (Phi) is 5.25. The largest absolute Gasteiger partial charge is 0.344 e. The van der Waals surface area contributed by atoms with E-state index in [0.717, 1.165) is 46.5 Å². The Morgan fingerprint density at radius 2 is 2.32 bits per heavy atom. The molecule has 0 aliphatic heterocycles. The first-order valence-corrected chi connectivity index (χ1v) is 11.3. The zero-order valence-electron chi connectivity index (χ0n) is 17.0.